The van der Waals surface area contributed by atoms with E-state index in [-0.39, 0.29) is 52.8 Å². The number of hydrogen-bond donors (Lipinski definition) is 2. The van der Waals surface area contributed by atoms with E-state index in [1.54, 1.807) is 0 Å². The van der Waals surface area contributed by atoms with Gasteiger partial charge < -0.3 is 16.1 Å². The molecule has 0 bridgehead atoms. The Balaban J connectivity index is -0.000000500. The molecule has 0 aliphatic rings. The summed E-state index contributed by atoms with van der Waals surface area (Å²) in [6.07, 6.45) is 5.71. The van der Waals surface area contributed by atoms with Crippen LogP contribution in [-0.4, -0.2) is 24.0 Å². The van der Waals surface area contributed by atoms with Gasteiger partial charge in [0.1, 0.15) is 0 Å². The van der Waals surface area contributed by atoms with Gasteiger partial charge in [-0.25, -0.2) is 0 Å². The molecule has 2 N–H and O–H groups in total. The SMILES string of the molecule is CCCCCCCOB(O)O.[H-].[K+]. The molecule has 0 saturated carbocycles. The van der Waals surface area contributed by atoms with Crippen molar-refractivity contribution in [2.24, 2.45) is 0 Å². The van der Waals surface area contributed by atoms with Crippen LogP contribution in [0.2, 0.25) is 0 Å². The summed E-state index contributed by atoms with van der Waals surface area (Å²) in [5, 5.41) is 16.6. The van der Waals surface area contributed by atoms with Crippen LogP contribution in [0.5, 0.6) is 0 Å². The van der Waals surface area contributed by atoms with Crippen molar-refractivity contribution in [3.05, 3.63) is 0 Å². The maximum absolute atomic E-state index is 8.29. The maximum atomic E-state index is 8.29. The molecular formula is C7H18BKO3. The van der Waals surface area contributed by atoms with Crippen LogP contribution in [0.15, 0.2) is 0 Å². The first kappa shape index (κ1) is 16.0. The molecule has 0 aliphatic carbocycles. The third kappa shape index (κ3) is 14.1. The van der Waals surface area contributed by atoms with Gasteiger partial charge in [-0.3, -0.25) is 0 Å². The Hall–Kier alpha value is 1.58. The third-order valence-corrected chi connectivity index (χ3v) is 1.51. The van der Waals surface area contributed by atoms with Crippen LogP contribution in [0.25, 0.3) is 0 Å². The fourth-order valence-electron chi connectivity index (χ4n) is 0.894. The average molecular weight is 200 g/mol. The molecule has 0 heterocycles. The van der Waals surface area contributed by atoms with Crippen molar-refractivity contribution in [3.63, 3.8) is 0 Å². The van der Waals surface area contributed by atoms with E-state index in [1.807, 2.05) is 0 Å². The van der Waals surface area contributed by atoms with E-state index in [2.05, 4.69) is 11.6 Å². The Morgan fingerprint density at radius 2 is 1.75 bits per heavy atom. The first-order valence-electron chi connectivity index (χ1n) is 4.25. The van der Waals surface area contributed by atoms with E-state index in [4.69, 9.17) is 10.0 Å². The molecule has 0 amide bonds. The predicted octanol–water partition coefficient (Wildman–Crippen LogP) is -1.94. The second kappa shape index (κ2) is 12.6. The van der Waals surface area contributed by atoms with E-state index >= 15 is 0 Å². The molecule has 0 saturated heterocycles. The molecule has 0 atom stereocenters. The van der Waals surface area contributed by atoms with Crippen molar-refractivity contribution in [1.82, 2.24) is 0 Å². The van der Waals surface area contributed by atoms with Gasteiger partial charge in [0, 0.05) is 6.61 Å². The molecule has 3 nitrogen and oxygen atoms in total. The second-order valence-corrected chi connectivity index (χ2v) is 2.61. The minimum absolute atomic E-state index is 0. The van der Waals surface area contributed by atoms with Crippen molar-refractivity contribution in [1.29, 1.82) is 0 Å². The molecular weight excluding hydrogens is 182 g/mol. The summed E-state index contributed by atoms with van der Waals surface area (Å²) in [5.41, 5.74) is 0. The monoisotopic (exact) mass is 200 g/mol. The zero-order chi connectivity index (χ0) is 8.53. The fourth-order valence-corrected chi connectivity index (χ4v) is 0.894. The Labute approximate surface area is 119 Å². The van der Waals surface area contributed by atoms with Gasteiger partial charge in [-0.1, -0.05) is 32.6 Å². The van der Waals surface area contributed by atoms with Gasteiger partial charge in [-0.15, -0.1) is 0 Å². The molecule has 0 unspecified atom stereocenters. The van der Waals surface area contributed by atoms with E-state index < -0.39 is 7.32 Å². The first-order valence-corrected chi connectivity index (χ1v) is 4.25. The quantitative estimate of drug-likeness (QED) is 0.371. The average Bonchev–Trinajstić information content (AvgIpc) is 1.96. The smallest absolute Gasteiger partial charge is 1.00 e. The molecule has 0 aliphatic heterocycles. The van der Waals surface area contributed by atoms with Crippen LogP contribution in [-0.2, 0) is 4.65 Å². The normalized spacial score (nSPS) is 9.25. The molecule has 68 valence electrons. The summed E-state index contributed by atoms with van der Waals surface area (Å²) in [4.78, 5) is 0. The minimum atomic E-state index is -1.60. The molecule has 0 fully saturated rings. The standard InChI is InChI=1S/C7H17BO3.K.H/c1-2-3-4-5-6-7-11-8(9)10;;/h9-10H,2-7H2,1H3;;/q;+1;-1. The van der Waals surface area contributed by atoms with Crippen molar-refractivity contribution in [2.45, 2.75) is 39.0 Å². The van der Waals surface area contributed by atoms with Gasteiger partial charge in [0.2, 0.25) is 0 Å². The summed E-state index contributed by atoms with van der Waals surface area (Å²) >= 11 is 0. The van der Waals surface area contributed by atoms with E-state index in [9.17, 15) is 0 Å². The van der Waals surface area contributed by atoms with Crippen LogP contribution < -0.4 is 51.4 Å². The van der Waals surface area contributed by atoms with Crippen LogP contribution in [0.1, 0.15) is 40.5 Å². The fraction of sp³-hybridized carbons (Fsp3) is 1.00. The molecule has 0 aromatic heterocycles. The van der Waals surface area contributed by atoms with Gasteiger partial charge in [-0.2, -0.15) is 0 Å². The third-order valence-electron chi connectivity index (χ3n) is 1.51. The van der Waals surface area contributed by atoms with E-state index in [0.29, 0.717) is 6.61 Å². The molecule has 0 radical (unpaired) electrons. The topological polar surface area (TPSA) is 49.7 Å². The van der Waals surface area contributed by atoms with Crippen molar-refractivity contribution >= 4 is 7.32 Å². The first-order chi connectivity index (χ1) is 5.27. The summed E-state index contributed by atoms with van der Waals surface area (Å²) < 4.78 is 4.53. The maximum Gasteiger partial charge on any atom is 1.00 e. The van der Waals surface area contributed by atoms with E-state index in [1.165, 1.54) is 19.3 Å². The minimum Gasteiger partial charge on any atom is -1.00 e. The van der Waals surface area contributed by atoms with Gasteiger partial charge in [0.25, 0.3) is 0 Å². The summed E-state index contributed by atoms with van der Waals surface area (Å²) in [6.45, 7) is 2.61. The van der Waals surface area contributed by atoms with Gasteiger partial charge in [-0.05, 0) is 6.42 Å². The van der Waals surface area contributed by atoms with Crippen LogP contribution in [0.4, 0.5) is 0 Å². The Bertz CT molecular complexity index is 88.1. The summed E-state index contributed by atoms with van der Waals surface area (Å²) in [7, 11) is -1.60. The Kier molecular flexibility index (Phi) is 16.8. The predicted molar refractivity (Wildman–Crippen MR) is 46.0 cm³/mol. The summed E-state index contributed by atoms with van der Waals surface area (Å²) in [6, 6.07) is 0. The second-order valence-electron chi connectivity index (χ2n) is 2.61. The molecule has 0 rings (SSSR count). The van der Waals surface area contributed by atoms with Crippen molar-refractivity contribution < 1.29 is 67.5 Å². The molecule has 5 heteroatoms. The largest absolute Gasteiger partial charge is 1.00 e. The number of hydrogen-bond acceptors (Lipinski definition) is 3. The van der Waals surface area contributed by atoms with Crippen LogP contribution in [0, 0.1) is 0 Å². The molecule has 0 aromatic carbocycles. The van der Waals surface area contributed by atoms with Gasteiger partial charge in [0.15, 0.2) is 0 Å². The number of unbranched alkanes of at least 4 members (excludes halogenated alkanes) is 4. The molecule has 0 spiro atoms. The Morgan fingerprint density at radius 3 is 2.25 bits per heavy atom. The zero-order valence-electron chi connectivity index (χ0n) is 9.12. The number of rotatable bonds is 7. The van der Waals surface area contributed by atoms with Gasteiger partial charge in [0.05, 0.1) is 0 Å². The van der Waals surface area contributed by atoms with Crippen LogP contribution >= 0.6 is 0 Å². The van der Waals surface area contributed by atoms with Crippen molar-refractivity contribution in [2.75, 3.05) is 6.61 Å². The summed E-state index contributed by atoms with van der Waals surface area (Å²) in [5.74, 6) is 0. The molecule has 12 heavy (non-hydrogen) atoms. The van der Waals surface area contributed by atoms with Gasteiger partial charge >= 0.3 is 58.7 Å². The molecule has 0 aromatic rings. The van der Waals surface area contributed by atoms with Crippen LogP contribution in [0.3, 0.4) is 0 Å². The zero-order valence-corrected chi connectivity index (χ0v) is 11.2. The van der Waals surface area contributed by atoms with E-state index in [0.717, 1.165) is 12.8 Å². The van der Waals surface area contributed by atoms with Crippen molar-refractivity contribution in [3.8, 4) is 0 Å². The Morgan fingerprint density at radius 1 is 1.17 bits per heavy atom.